The van der Waals surface area contributed by atoms with Gasteiger partial charge >= 0.3 is 11.5 Å². The first kappa shape index (κ1) is 32.6. The van der Waals surface area contributed by atoms with Gasteiger partial charge in [0.2, 0.25) is 0 Å². The van der Waals surface area contributed by atoms with E-state index in [1.165, 1.54) is 24.4 Å². The van der Waals surface area contributed by atoms with E-state index in [1.54, 1.807) is 13.1 Å². The Balaban J connectivity index is 1.33. The number of nitrogens with zero attached hydrogens (tertiary/aromatic N) is 1. The molecule has 7 nitrogen and oxygen atoms in total. The smallest absolute Gasteiger partial charge is 0.446 e. The molecule has 2 aromatic heterocycles. The number of alkyl halides is 3. The molecule has 47 heavy (non-hydrogen) atoms. The number of aromatic amines is 2. The van der Waals surface area contributed by atoms with E-state index >= 15 is 8.78 Å². The molecule has 1 aliphatic rings. The number of fused-ring (bicyclic) bond motifs is 1. The maximum atomic E-state index is 15.3. The summed E-state index contributed by atoms with van der Waals surface area (Å²) >= 11 is -0.488. The zero-order valence-corrected chi connectivity index (χ0v) is 26.0. The minimum Gasteiger partial charge on any atom is -0.466 e. The maximum absolute atomic E-state index is 15.3. The highest BCUT2D eigenvalue weighted by Gasteiger charge is 2.38. The first-order valence-electron chi connectivity index (χ1n) is 15.0. The van der Waals surface area contributed by atoms with Gasteiger partial charge in [-0.2, -0.15) is 13.2 Å². The number of ether oxygens (including phenoxy) is 3. The Kier molecular flexibility index (Phi) is 9.29. The van der Waals surface area contributed by atoms with Gasteiger partial charge < -0.3 is 24.2 Å². The van der Waals surface area contributed by atoms with Gasteiger partial charge in [0.25, 0.3) is 0 Å². The number of esters is 1. The molecule has 0 saturated carbocycles. The molecule has 0 unspecified atom stereocenters. The minimum absolute atomic E-state index is 0.00713. The number of imidazole rings is 1. The van der Waals surface area contributed by atoms with Gasteiger partial charge in [-0.25, -0.2) is 13.8 Å². The largest absolute Gasteiger partial charge is 0.466 e. The maximum Gasteiger partial charge on any atom is 0.446 e. The number of halogens is 5. The van der Waals surface area contributed by atoms with Crippen molar-refractivity contribution in [1.29, 1.82) is 0 Å². The van der Waals surface area contributed by atoms with Gasteiger partial charge in [0.05, 0.1) is 17.1 Å². The summed E-state index contributed by atoms with van der Waals surface area (Å²) in [7, 11) is 0. The zero-order valence-electron chi connectivity index (χ0n) is 25.2. The molecule has 0 bridgehead atoms. The molecule has 0 spiro atoms. The van der Waals surface area contributed by atoms with E-state index in [4.69, 9.17) is 14.2 Å². The number of aromatic nitrogens is 3. The fourth-order valence-corrected chi connectivity index (χ4v) is 6.69. The van der Waals surface area contributed by atoms with Crippen LogP contribution in [0.3, 0.4) is 0 Å². The molecule has 0 aliphatic carbocycles. The normalized spacial score (nSPS) is 14.8. The van der Waals surface area contributed by atoms with E-state index in [-0.39, 0.29) is 40.4 Å². The number of aryl methyl sites for hydroxylation is 1. The highest BCUT2D eigenvalue weighted by Crippen LogP contribution is 2.48. The fraction of sp³-hybridized carbons (Fsp3) is 0.294. The molecule has 5 aromatic rings. The molecular weight excluding hydrogens is 641 g/mol. The fourth-order valence-electron chi connectivity index (χ4n) is 5.94. The topological polar surface area (TPSA) is 89.2 Å². The van der Waals surface area contributed by atoms with E-state index in [9.17, 15) is 18.0 Å². The molecule has 3 heterocycles. The van der Waals surface area contributed by atoms with Crippen LogP contribution in [0.25, 0.3) is 22.3 Å². The van der Waals surface area contributed by atoms with Crippen molar-refractivity contribution in [2.45, 2.75) is 48.4 Å². The quantitative estimate of drug-likeness (QED) is 0.0877. The molecule has 246 valence electrons. The van der Waals surface area contributed by atoms with E-state index in [2.05, 4.69) is 15.0 Å². The van der Waals surface area contributed by atoms with Crippen LogP contribution in [0.2, 0.25) is 0 Å². The number of hydrogen-bond donors (Lipinski definition) is 2. The molecule has 2 N–H and O–H groups in total. The van der Waals surface area contributed by atoms with Crippen molar-refractivity contribution in [1.82, 2.24) is 15.0 Å². The van der Waals surface area contributed by atoms with Crippen LogP contribution in [0, 0.1) is 11.6 Å². The SMILES string of the molecule is CCOC(=O)CCc1cccc(C2(c3cnc(-c4cc(Oc5c(F)cc6[nH]ccc6c5SC(F)(F)F)ccc4F)[nH]3)CCOCC2)c1. The van der Waals surface area contributed by atoms with Crippen LogP contribution in [-0.2, 0) is 26.1 Å². The van der Waals surface area contributed by atoms with Crippen molar-refractivity contribution < 1.29 is 41.0 Å². The van der Waals surface area contributed by atoms with Crippen molar-refractivity contribution in [3.63, 3.8) is 0 Å². The Labute approximate surface area is 270 Å². The predicted molar refractivity (Wildman–Crippen MR) is 166 cm³/mol. The molecule has 1 aliphatic heterocycles. The Morgan fingerprint density at radius 2 is 1.87 bits per heavy atom. The first-order chi connectivity index (χ1) is 22.6. The van der Waals surface area contributed by atoms with Crippen molar-refractivity contribution in [2.75, 3.05) is 19.8 Å². The number of benzene rings is 3. The average molecular weight is 672 g/mol. The third-order valence-corrected chi connectivity index (χ3v) is 9.03. The summed E-state index contributed by atoms with van der Waals surface area (Å²) in [5, 5.41) is 0.133. The van der Waals surface area contributed by atoms with E-state index in [0.717, 1.165) is 29.0 Å². The summed E-state index contributed by atoms with van der Waals surface area (Å²) < 4.78 is 87.3. The second-order valence-electron chi connectivity index (χ2n) is 11.1. The molecule has 0 atom stereocenters. The molecule has 1 saturated heterocycles. The lowest BCUT2D eigenvalue weighted by molar-refractivity contribution is -0.143. The van der Waals surface area contributed by atoms with Crippen LogP contribution < -0.4 is 4.74 Å². The van der Waals surface area contributed by atoms with Crippen molar-refractivity contribution >= 4 is 28.6 Å². The summed E-state index contributed by atoms with van der Waals surface area (Å²) in [6.07, 6.45) is 5.02. The second kappa shape index (κ2) is 13.4. The van der Waals surface area contributed by atoms with Crippen LogP contribution in [0.1, 0.15) is 43.0 Å². The summed E-state index contributed by atoms with van der Waals surface area (Å²) in [6, 6.07) is 14.0. The Hall–Kier alpha value is -4.36. The van der Waals surface area contributed by atoms with E-state index < -0.39 is 45.0 Å². The number of nitrogens with one attached hydrogen (secondary N) is 2. The standard InChI is InChI=1S/C34H30F5N3O4S/c1-2-45-29(43)9-6-20-4-3-5-21(16-20)33(11-14-44-15-12-33)28-19-41-32(42-28)24-17-22(7-8-25(24)35)46-30-26(36)18-27-23(10-13-40-27)31(30)47-34(37,38)39/h3-5,7-8,10,13,16-19,40H,2,6,9,11-12,14-15H2,1H3,(H,41,42). The van der Waals surface area contributed by atoms with Crippen LogP contribution in [-0.4, -0.2) is 46.3 Å². The number of H-pyrrole nitrogens is 2. The number of thioether (sulfide) groups is 1. The molecular formula is C34H30F5N3O4S. The van der Waals surface area contributed by atoms with Gasteiger partial charge in [-0.15, -0.1) is 0 Å². The Morgan fingerprint density at radius 3 is 2.64 bits per heavy atom. The van der Waals surface area contributed by atoms with Crippen molar-refractivity contribution in [3.05, 3.63) is 95.4 Å². The number of rotatable bonds is 10. The Bertz CT molecular complexity index is 1900. The highest BCUT2D eigenvalue weighted by molar-refractivity contribution is 8.00. The van der Waals surface area contributed by atoms with Gasteiger partial charge in [0.1, 0.15) is 17.4 Å². The van der Waals surface area contributed by atoms with Crippen LogP contribution in [0.4, 0.5) is 22.0 Å². The third-order valence-electron chi connectivity index (χ3n) is 8.19. The molecule has 3 aromatic carbocycles. The monoisotopic (exact) mass is 671 g/mol. The third kappa shape index (κ3) is 7.01. The number of carbonyl (C=O) groups excluding carboxylic acids is 1. The van der Waals surface area contributed by atoms with Gasteiger partial charge in [0, 0.05) is 60.1 Å². The molecule has 1 fully saturated rings. The summed E-state index contributed by atoms with van der Waals surface area (Å²) in [5.74, 6) is -2.48. The van der Waals surface area contributed by atoms with Gasteiger partial charge in [-0.3, -0.25) is 4.79 Å². The lowest BCUT2D eigenvalue weighted by Crippen LogP contribution is -2.35. The summed E-state index contributed by atoms with van der Waals surface area (Å²) in [6.45, 7) is 3.04. The lowest BCUT2D eigenvalue weighted by atomic mass is 9.71. The van der Waals surface area contributed by atoms with Gasteiger partial charge in [0.15, 0.2) is 11.6 Å². The summed E-state index contributed by atoms with van der Waals surface area (Å²) in [4.78, 5) is 22.0. The summed E-state index contributed by atoms with van der Waals surface area (Å²) in [5.41, 5.74) is -2.42. The predicted octanol–water partition coefficient (Wildman–Crippen LogP) is 8.83. The zero-order chi connectivity index (χ0) is 33.2. The van der Waals surface area contributed by atoms with Gasteiger partial charge in [-0.1, -0.05) is 24.3 Å². The van der Waals surface area contributed by atoms with Crippen molar-refractivity contribution in [2.24, 2.45) is 0 Å². The van der Waals surface area contributed by atoms with Crippen LogP contribution in [0.15, 0.2) is 71.9 Å². The highest BCUT2D eigenvalue weighted by atomic mass is 32.2. The van der Waals surface area contributed by atoms with E-state index in [1.807, 2.05) is 24.3 Å². The van der Waals surface area contributed by atoms with Crippen LogP contribution >= 0.6 is 11.8 Å². The average Bonchev–Trinajstić information content (AvgIpc) is 3.73. The van der Waals surface area contributed by atoms with Crippen molar-refractivity contribution in [3.8, 4) is 22.9 Å². The Morgan fingerprint density at radius 1 is 1.06 bits per heavy atom. The van der Waals surface area contributed by atoms with Gasteiger partial charge in [-0.05, 0) is 73.3 Å². The first-order valence-corrected chi connectivity index (χ1v) is 15.8. The molecule has 13 heteroatoms. The molecule has 0 radical (unpaired) electrons. The molecule has 6 rings (SSSR count). The molecule has 0 amide bonds. The van der Waals surface area contributed by atoms with Crippen LogP contribution in [0.5, 0.6) is 11.5 Å². The number of hydrogen-bond acceptors (Lipinski definition) is 6. The van der Waals surface area contributed by atoms with E-state index in [0.29, 0.717) is 39.1 Å². The number of carbonyl (C=O) groups is 1. The second-order valence-corrected chi connectivity index (χ2v) is 12.2. The minimum atomic E-state index is -4.71. The lowest BCUT2D eigenvalue weighted by Gasteiger charge is -2.37.